The van der Waals surface area contributed by atoms with Gasteiger partial charge >= 0.3 is 6.18 Å². The number of aryl methyl sites for hydroxylation is 1. The predicted octanol–water partition coefficient (Wildman–Crippen LogP) is 7.10. The Morgan fingerprint density at radius 2 is 1.32 bits per heavy atom. The summed E-state index contributed by atoms with van der Waals surface area (Å²) in [5.74, 6) is -5.90. The van der Waals surface area contributed by atoms with Crippen LogP contribution in [0.2, 0.25) is 5.02 Å². The summed E-state index contributed by atoms with van der Waals surface area (Å²) in [6.45, 7) is 11.2. The number of ether oxygens (including phenoxy) is 1. The maximum absolute atomic E-state index is 15.6. The third-order valence-electron chi connectivity index (χ3n) is 23.8. The molecule has 8 rings (SSSR count). The van der Waals surface area contributed by atoms with Gasteiger partial charge in [-0.05, 0) is 132 Å². The highest BCUT2D eigenvalue weighted by Crippen LogP contribution is 2.38. The molecule has 7 fully saturated rings. The second-order valence-corrected chi connectivity index (χ2v) is 31.1. The molecular weight excluding hydrogens is 1330 g/mol. The summed E-state index contributed by atoms with van der Waals surface area (Å²) in [7, 11) is 9.28. The van der Waals surface area contributed by atoms with Gasteiger partial charge in [0, 0.05) is 80.9 Å². The molecule has 0 unspecified atom stereocenters. The van der Waals surface area contributed by atoms with Gasteiger partial charge in [-0.2, -0.15) is 13.2 Å². The van der Waals surface area contributed by atoms with Crippen LogP contribution in [0.5, 0.6) is 0 Å². The van der Waals surface area contributed by atoms with Crippen molar-refractivity contribution in [3.8, 4) is 0 Å². The topological polar surface area (TPSA) is 245 Å². The maximum Gasteiger partial charge on any atom is 0.417 e. The Labute approximate surface area is 601 Å². The summed E-state index contributed by atoms with van der Waals surface area (Å²) in [6.07, 6.45) is 9.51. The lowest BCUT2D eigenvalue weighted by atomic mass is 9.78. The molecule has 11 atom stereocenters. The number of benzene rings is 1. The van der Waals surface area contributed by atoms with E-state index in [1.54, 1.807) is 35.1 Å². The molecule has 1 aromatic carbocycles. The molecule has 566 valence electrons. The third-order valence-corrected chi connectivity index (χ3v) is 24.1. The van der Waals surface area contributed by atoms with Crippen LogP contribution in [0.4, 0.5) is 13.2 Å². The molecule has 3 saturated carbocycles. The average Bonchev–Trinajstić information content (AvgIpc) is 1.74. The minimum atomic E-state index is -4.69. The van der Waals surface area contributed by atoms with Gasteiger partial charge in [-0.25, -0.2) is 0 Å². The molecule has 3 N–H and O–H groups in total. The van der Waals surface area contributed by atoms with E-state index in [9.17, 15) is 32.3 Å². The van der Waals surface area contributed by atoms with Gasteiger partial charge in [0.15, 0.2) is 0 Å². The van der Waals surface area contributed by atoms with Crippen LogP contribution in [0.1, 0.15) is 193 Å². The van der Waals surface area contributed by atoms with E-state index >= 15 is 28.8 Å². The van der Waals surface area contributed by atoms with Gasteiger partial charge in [-0.1, -0.05) is 116 Å². The predicted molar refractivity (Wildman–Crippen MR) is 377 cm³/mol. The number of carbonyl (C=O) groups is 10. The number of fused-ring (bicyclic) bond motifs is 2. The smallest absolute Gasteiger partial charge is 0.364 e. The standard InChI is InChI=1S/C74H116ClF3N12O11/c1-12-47(3)62-70(98)83(7)49(5)67(95)90-39-33-58(90)69(97)85(9)59(41-50-24-16-14-17-25-50)68(96)82(6)44-60(91)79-53(31-29-51-30-32-55(56(75)40-51)74(76,77)78)43-89-38-23-28-57(89)65(93)81-73(34-18-19-35-73)72(100)87(11)63(48(4)13-2)71(99)84(8)54(45-101-46-88-36-20-15-21-37-88)42-61(92)86(10)64(66(94)80-62)52-26-22-27-52/h30,32,40,47-50,52-54,57-59,62-64H,12-29,31,33-39,41-46H2,1-11H3,(H,79,91)(H,80,94)(H,81,93)/t47-,48-,49-,53-,54-,57-,58-,59-,62-,63-,64-/m0/s1. The highest BCUT2D eigenvalue weighted by atomic mass is 35.5. The normalized spacial score (nSPS) is 29.1. The quantitative estimate of drug-likeness (QED) is 0.169. The third kappa shape index (κ3) is 19.6. The first-order valence-electron chi connectivity index (χ1n) is 37.6. The van der Waals surface area contributed by atoms with Crippen LogP contribution in [0, 0.1) is 23.7 Å². The molecular formula is C74H116ClF3N12O11. The summed E-state index contributed by atoms with van der Waals surface area (Å²) in [6, 6.07) is -5.21. The van der Waals surface area contributed by atoms with Crippen molar-refractivity contribution >= 4 is 70.7 Å². The Morgan fingerprint density at radius 1 is 0.653 bits per heavy atom. The van der Waals surface area contributed by atoms with E-state index < -0.39 is 154 Å². The fraction of sp³-hybridized carbons (Fsp3) is 0.784. The second kappa shape index (κ2) is 36.1. The molecule has 4 heterocycles. The highest BCUT2D eigenvalue weighted by Gasteiger charge is 2.51. The number of nitrogens with one attached hydrogen (secondary N) is 3. The average molecular weight is 1440 g/mol. The van der Waals surface area contributed by atoms with Crippen LogP contribution in [-0.4, -0.2) is 258 Å². The molecule has 101 heavy (non-hydrogen) atoms. The first-order valence-corrected chi connectivity index (χ1v) is 38.0. The van der Waals surface area contributed by atoms with Gasteiger partial charge < -0.3 is 55.0 Å². The fourth-order valence-corrected chi connectivity index (χ4v) is 16.7. The molecule has 3 aliphatic carbocycles. The van der Waals surface area contributed by atoms with Crippen molar-refractivity contribution in [2.45, 2.75) is 255 Å². The first kappa shape index (κ1) is 80.6. The summed E-state index contributed by atoms with van der Waals surface area (Å²) in [5.41, 5.74) is -1.93. The van der Waals surface area contributed by atoms with Crippen LogP contribution < -0.4 is 16.0 Å². The first-order chi connectivity index (χ1) is 47.9. The van der Waals surface area contributed by atoms with Crippen LogP contribution >= 0.6 is 11.6 Å². The molecule has 0 radical (unpaired) electrons. The molecule has 4 saturated heterocycles. The number of likely N-dealkylation sites (N-methyl/N-ethyl adjacent to an activating group) is 6. The largest absolute Gasteiger partial charge is 0.417 e. The van der Waals surface area contributed by atoms with E-state index in [1.165, 1.54) is 60.5 Å². The zero-order chi connectivity index (χ0) is 73.8. The van der Waals surface area contributed by atoms with Crippen molar-refractivity contribution in [1.82, 2.24) is 60.0 Å². The number of halogens is 4. The fourth-order valence-electron chi connectivity index (χ4n) is 16.4. The molecule has 1 aromatic rings. The number of carbonyl (C=O) groups excluding carboxylic acids is 10. The summed E-state index contributed by atoms with van der Waals surface area (Å²) >= 11 is 6.21. The van der Waals surface area contributed by atoms with E-state index in [-0.39, 0.29) is 63.9 Å². The van der Waals surface area contributed by atoms with E-state index in [0.29, 0.717) is 82.7 Å². The highest BCUT2D eigenvalue weighted by molar-refractivity contribution is 6.31. The SMILES string of the molecule is CC[C@H](C)[C@@H]1NC(=O)[C@H](C2CCC2)N(C)C(=O)C[C@@H](COCN2CCCCC2)N(C)C(=O)[C@H]([C@@H](C)CC)N(C)C(=O)C2(CCCC2)NC(=O)[C@@H]2CCCN2C[C@H](CCc2ccc(C(F)(F)F)c(Cl)c2)NC(=O)CN(C)C(=O)[C@H](CC2CCCCC2)N(C)C(=O)[C@@H]2CCN2C(=O)[C@H](C)N(C)C1=O. The molecule has 1 spiro atoms. The summed E-state index contributed by atoms with van der Waals surface area (Å²) < 4.78 is 48.1. The van der Waals surface area contributed by atoms with Gasteiger partial charge in [0.2, 0.25) is 59.1 Å². The van der Waals surface area contributed by atoms with Crippen molar-refractivity contribution in [3.63, 3.8) is 0 Å². The molecule has 7 aliphatic rings. The number of alkyl halides is 3. The van der Waals surface area contributed by atoms with Gasteiger partial charge in [0.1, 0.15) is 41.8 Å². The zero-order valence-corrected chi connectivity index (χ0v) is 62.6. The van der Waals surface area contributed by atoms with Crippen LogP contribution in [0.15, 0.2) is 18.2 Å². The van der Waals surface area contributed by atoms with Crippen molar-refractivity contribution in [2.24, 2.45) is 23.7 Å². The van der Waals surface area contributed by atoms with E-state index in [2.05, 4.69) is 20.9 Å². The minimum Gasteiger partial charge on any atom is -0.364 e. The summed E-state index contributed by atoms with van der Waals surface area (Å²) in [5, 5.41) is 8.87. The monoisotopic (exact) mass is 1440 g/mol. The molecule has 23 nitrogen and oxygen atoms in total. The summed E-state index contributed by atoms with van der Waals surface area (Å²) in [4.78, 5) is 164. The molecule has 4 aliphatic heterocycles. The molecule has 27 heteroatoms. The number of hydrogen-bond acceptors (Lipinski definition) is 13. The van der Waals surface area contributed by atoms with Crippen LogP contribution in [0.25, 0.3) is 0 Å². The minimum absolute atomic E-state index is 0.0517. The lowest BCUT2D eigenvalue weighted by Crippen LogP contribution is -2.65. The number of nitrogens with zero attached hydrogens (tertiary/aromatic N) is 9. The molecule has 0 aromatic heterocycles. The molecule has 0 bridgehead atoms. The van der Waals surface area contributed by atoms with Gasteiger partial charge in [0.05, 0.1) is 42.6 Å². The number of amides is 10. The van der Waals surface area contributed by atoms with E-state index in [0.717, 1.165) is 76.9 Å². The Morgan fingerprint density at radius 3 is 1.92 bits per heavy atom. The lowest BCUT2D eigenvalue weighted by molar-refractivity contribution is -0.160. The van der Waals surface area contributed by atoms with Crippen molar-refractivity contribution in [3.05, 3.63) is 34.3 Å². The number of rotatable bonds is 14. The Balaban J connectivity index is 1.15. The zero-order valence-electron chi connectivity index (χ0n) is 61.9. The molecule has 10 amide bonds. The van der Waals surface area contributed by atoms with Crippen molar-refractivity contribution in [2.75, 3.05) is 94.9 Å². The van der Waals surface area contributed by atoms with Crippen molar-refractivity contribution < 1.29 is 65.9 Å². The van der Waals surface area contributed by atoms with Crippen LogP contribution in [0.3, 0.4) is 0 Å². The van der Waals surface area contributed by atoms with E-state index in [4.69, 9.17) is 16.3 Å². The number of hydrogen-bond donors (Lipinski definition) is 3. The number of likely N-dealkylation sites (tertiary alicyclic amines) is 1. The van der Waals surface area contributed by atoms with Crippen LogP contribution in [-0.2, 0) is 65.3 Å². The maximum atomic E-state index is 15.6. The van der Waals surface area contributed by atoms with Gasteiger partial charge in [-0.15, -0.1) is 0 Å². The van der Waals surface area contributed by atoms with Gasteiger partial charge in [0.25, 0.3) is 0 Å². The Bertz CT molecular complexity index is 3070. The number of piperidine rings is 1. The van der Waals surface area contributed by atoms with Crippen molar-refractivity contribution in [1.29, 1.82) is 0 Å². The Hall–Kier alpha value is -6.12. The second-order valence-electron chi connectivity index (χ2n) is 30.7. The van der Waals surface area contributed by atoms with Gasteiger partial charge in [-0.3, -0.25) is 57.7 Å². The Kier molecular flexibility index (Phi) is 28.8. The van der Waals surface area contributed by atoms with E-state index in [1.807, 2.05) is 32.6 Å². The lowest BCUT2D eigenvalue weighted by Gasteiger charge is -2.45.